The molecule has 2 heterocycles. The summed E-state index contributed by atoms with van der Waals surface area (Å²) < 4.78 is 10.7. The van der Waals surface area contributed by atoms with E-state index >= 15 is 0 Å². The van der Waals surface area contributed by atoms with E-state index in [9.17, 15) is 9.59 Å². The number of benzene rings is 1. The first-order valence-electron chi connectivity index (χ1n) is 8.37. The topological polar surface area (TPSA) is 92.3 Å². The smallest absolute Gasteiger partial charge is 0.303 e. The average Bonchev–Trinajstić information content (AvgIpc) is 3.30. The normalized spacial score (nSPS) is 16.4. The summed E-state index contributed by atoms with van der Waals surface area (Å²) in [6.45, 7) is 0. The van der Waals surface area contributed by atoms with E-state index in [1.807, 2.05) is 30.3 Å². The van der Waals surface area contributed by atoms with Crippen LogP contribution in [0.4, 0.5) is 0 Å². The van der Waals surface area contributed by atoms with Crippen LogP contribution >= 0.6 is 0 Å². The molecule has 3 rings (SSSR count). The van der Waals surface area contributed by atoms with Gasteiger partial charge < -0.3 is 14.3 Å². The number of hydrogen-bond acceptors (Lipinski definition) is 5. The number of amides is 1. The maximum Gasteiger partial charge on any atom is 0.303 e. The van der Waals surface area contributed by atoms with Crippen molar-refractivity contribution < 1.29 is 23.8 Å². The fourth-order valence-electron chi connectivity index (χ4n) is 2.93. The van der Waals surface area contributed by atoms with Crippen molar-refractivity contribution in [3.8, 4) is 5.75 Å². The largest absolute Gasteiger partial charge is 0.497 e. The molecule has 1 atom stereocenters. The third-order valence-corrected chi connectivity index (χ3v) is 4.22. The van der Waals surface area contributed by atoms with Crippen molar-refractivity contribution in [2.24, 2.45) is 5.10 Å². The summed E-state index contributed by atoms with van der Waals surface area (Å²) in [6.07, 6.45) is 2.44. The Morgan fingerprint density at radius 2 is 2.15 bits per heavy atom. The molecule has 1 aliphatic rings. The second-order valence-corrected chi connectivity index (χ2v) is 6.00. The number of furan rings is 1. The number of rotatable bonds is 7. The number of hydrazone groups is 1. The third kappa shape index (κ3) is 3.93. The van der Waals surface area contributed by atoms with Crippen molar-refractivity contribution in [3.05, 3.63) is 54.0 Å². The van der Waals surface area contributed by atoms with Crippen LogP contribution in [-0.4, -0.2) is 34.8 Å². The molecule has 7 heteroatoms. The van der Waals surface area contributed by atoms with Crippen LogP contribution in [0.3, 0.4) is 0 Å². The summed E-state index contributed by atoms with van der Waals surface area (Å²) in [7, 11) is 1.60. The zero-order chi connectivity index (χ0) is 18.5. The van der Waals surface area contributed by atoms with Crippen LogP contribution in [-0.2, 0) is 9.59 Å². The molecule has 0 aliphatic carbocycles. The van der Waals surface area contributed by atoms with Gasteiger partial charge in [-0.25, -0.2) is 5.01 Å². The molecule has 0 saturated heterocycles. The molecule has 1 amide bonds. The Labute approximate surface area is 150 Å². The molecule has 1 N–H and O–H groups in total. The first kappa shape index (κ1) is 17.7. The van der Waals surface area contributed by atoms with Gasteiger partial charge in [0, 0.05) is 24.8 Å². The Kier molecular flexibility index (Phi) is 5.36. The van der Waals surface area contributed by atoms with Gasteiger partial charge in [0.1, 0.15) is 17.6 Å². The molecule has 0 radical (unpaired) electrons. The van der Waals surface area contributed by atoms with Gasteiger partial charge in [-0.05, 0) is 30.7 Å². The highest BCUT2D eigenvalue weighted by atomic mass is 16.5. The predicted octanol–water partition coefficient (Wildman–Crippen LogP) is 3.22. The summed E-state index contributed by atoms with van der Waals surface area (Å²) in [6, 6.07) is 10.8. The minimum atomic E-state index is -0.914. The van der Waals surface area contributed by atoms with Crippen molar-refractivity contribution >= 4 is 17.6 Å². The van der Waals surface area contributed by atoms with Gasteiger partial charge >= 0.3 is 5.97 Å². The van der Waals surface area contributed by atoms with Crippen molar-refractivity contribution in [2.75, 3.05) is 7.11 Å². The molecule has 7 nitrogen and oxygen atoms in total. The van der Waals surface area contributed by atoms with Gasteiger partial charge in [-0.2, -0.15) is 5.10 Å². The van der Waals surface area contributed by atoms with Crippen molar-refractivity contribution in [3.63, 3.8) is 0 Å². The lowest BCUT2D eigenvalue weighted by atomic mass is 10.0. The zero-order valence-electron chi connectivity index (χ0n) is 14.4. The maximum atomic E-state index is 12.6. The molecule has 0 saturated carbocycles. The summed E-state index contributed by atoms with van der Waals surface area (Å²) in [4.78, 5) is 23.3. The molecular weight excluding hydrogens is 336 g/mol. The van der Waals surface area contributed by atoms with Gasteiger partial charge in [-0.3, -0.25) is 9.59 Å². The van der Waals surface area contributed by atoms with E-state index in [1.165, 1.54) is 5.01 Å². The maximum absolute atomic E-state index is 12.6. The van der Waals surface area contributed by atoms with Gasteiger partial charge in [-0.15, -0.1) is 0 Å². The van der Waals surface area contributed by atoms with Crippen molar-refractivity contribution in [1.29, 1.82) is 0 Å². The van der Waals surface area contributed by atoms with Gasteiger partial charge in [0.05, 0.1) is 19.1 Å². The van der Waals surface area contributed by atoms with Crippen LogP contribution in [0.1, 0.15) is 43.0 Å². The van der Waals surface area contributed by atoms with Crippen LogP contribution in [0.2, 0.25) is 0 Å². The van der Waals surface area contributed by atoms with E-state index in [-0.39, 0.29) is 31.2 Å². The van der Waals surface area contributed by atoms with Crippen LogP contribution < -0.4 is 4.74 Å². The first-order chi connectivity index (χ1) is 12.6. The van der Waals surface area contributed by atoms with E-state index in [2.05, 4.69) is 5.10 Å². The van der Waals surface area contributed by atoms with E-state index in [0.717, 1.165) is 11.3 Å². The quantitative estimate of drug-likeness (QED) is 0.822. The SMILES string of the molecule is COc1cccc(C2=NN(C(=O)CCCC(=O)O)[C@H](c3ccco3)C2)c1. The second kappa shape index (κ2) is 7.86. The molecule has 0 spiro atoms. The Morgan fingerprint density at radius 1 is 1.31 bits per heavy atom. The molecule has 2 aromatic rings. The fraction of sp³-hybridized carbons (Fsp3) is 0.316. The highest BCUT2D eigenvalue weighted by Crippen LogP contribution is 2.34. The molecule has 1 aromatic carbocycles. The highest BCUT2D eigenvalue weighted by Gasteiger charge is 2.34. The monoisotopic (exact) mass is 356 g/mol. The van der Waals surface area contributed by atoms with E-state index in [0.29, 0.717) is 17.9 Å². The number of hydrogen-bond donors (Lipinski definition) is 1. The number of aliphatic carboxylic acids is 1. The second-order valence-electron chi connectivity index (χ2n) is 6.00. The summed E-state index contributed by atoms with van der Waals surface area (Å²) >= 11 is 0. The lowest BCUT2D eigenvalue weighted by Gasteiger charge is -2.19. The number of methoxy groups -OCH3 is 1. The Morgan fingerprint density at radius 3 is 2.85 bits per heavy atom. The highest BCUT2D eigenvalue weighted by molar-refractivity contribution is 6.03. The number of ether oxygens (including phenoxy) is 1. The molecule has 1 aliphatic heterocycles. The number of carbonyl (C=O) groups excluding carboxylic acids is 1. The summed E-state index contributed by atoms with van der Waals surface area (Å²) in [5.41, 5.74) is 1.64. The summed E-state index contributed by atoms with van der Waals surface area (Å²) in [5.74, 6) is 0.233. The van der Waals surface area contributed by atoms with Crippen LogP contribution in [0.25, 0.3) is 0 Å². The van der Waals surface area contributed by atoms with Gasteiger partial charge in [-0.1, -0.05) is 12.1 Å². The lowest BCUT2D eigenvalue weighted by molar-refractivity contribution is -0.137. The minimum Gasteiger partial charge on any atom is -0.497 e. The third-order valence-electron chi connectivity index (χ3n) is 4.22. The number of carbonyl (C=O) groups is 2. The number of carboxylic acid groups (broad SMARTS) is 1. The Bertz CT molecular complexity index is 813. The summed E-state index contributed by atoms with van der Waals surface area (Å²) in [5, 5.41) is 14.7. The van der Waals surface area contributed by atoms with Gasteiger partial charge in [0.15, 0.2) is 0 Å². The van der Waals surface area contributed by atoms with E-state index < -0.39 is 5.97 Å². The fourth-order valence-corrected chi connectivity index (χ4v) is 2.93. The number of carboxylic acids is 1. The van der Waals surface area contributed by atoms with Gasteiger partial charge in [0.25, 0.3) is 0 Å². The molecule has 0 unspecified atom stereocenters. The van der Waals surface area contributed by atoms with E-state index in [1.54, 1.807) is 19.4 Å². The van der Waals surface area contributed by atoms with Crippen LogP contribution in [0, 0.1) is 0 Å². The standard InChI is InChI=1S/C19H20N2O5/c1-25-14-6-2-5-13(11-14)15-12-16(17-7-4-10-26-17)21(20-15)18(22)8-3-9-19(23)24/h2,4-7,10-11,16H,3,8-9,12H2,1H3,(H,23,24)/t16-/m0/s1. The Hall–Kier alpha value is -3.09. The molecule has 136 valence electrons. The van der Waals surface area contributed by atoms with Crippen molar-refractivity contribution in [2.45, 2.75) is 31.7 Å². The molecule has 26 heavy (non-hydrogen) atoms. The predicted molar refractivity (Wildman–Crippen MR) is 93.9 cm³/mol. The zero-order valence-corrected chi connectivity index (χ0v) is 14.4. The number of nitrogens with zero attached hydrogens (tertiary/aromatic N) is 2. The molecule has 1 aromatic heterocycles. The van der Waals surface area contributed by atoms with E-state index in [4.69, 9.17) is 14.3 Å². The molecular formula is C19H20N2O5. The van der Waals surface area contributed by atoms with Crippen LogP contribution in [0.5, 0.6) is 5.75 Å². The lowest BCUT2D eigenvalue weighted by Crippen LogP contribution is -2.26. The Balaban J connectivity index is 1.83. The van der Waals surface area contributed by atoms with Gasteiger partial charge in [0.2, 0.25) is 5.91 Å². The molecule has 0 fully saturated rings. The average molecular weight is 356 g/mol. The minimum absolute atomic E-state index is 0.0442. The molecule has 0 bridgehead atoms. The van der Waals surface area contributed by atoms with Crippen LogP contribution in [0.15, 0.2) is 52.2 Å². The van der Waals surface area contributed by atoms with Crippen molar-refractivity contribution in [1.82, 2.24) is 5.01 Å². The first-order valence-corrected chi connectivity index (χ1v) is 8.37.